The molecular weight excluding hydrogens is 801 g/mol. The van der Waals surface area contributed by atoms with Crippen LogP contribution in [0, 0.1) is 0 Å². The van der Waals surface area contributed by atoms with Crippen LogP contribution in [-0.2, 0) is 10.8 Å². The summed E-state index contributed by atoms with van der Waals surface area (Å²) in [6.07, 6.45) is 0. The van der Waals surface area contributed by atoms with E-state index in [1.54, 1.807) is 0 Å². The number of benzene rings is 11. The molecule has 0 bridgehead atoms. The van der Waals surface area contributed by atoms with Gasteiger partial charge in [-0.15, -0.1) is 11.3 Å². The SMILES string of the molecule is CC1(C)c2ccc(-c3ccc4c(c3)C(C)(C)c3c-4ccc4sc5cc6ccccc6cc5c34)cc2-c2ccc(-c3c4ccccc4c(-c4cccc5ccccc45)c4ccccc34)cc21. The van der Waals surface area contributed by atoms with E-state index in [2.05, 4.69) is 222 Å². The summed E-state index contributed by atoms with van der Waals surface area (Å²) >= 11 is 1.93. The van der Waals surface area contributed by atoms with Crippen LogP contribution in [0.15, 0.2) is 194 Å². The average molecular weight is 845 g/mol. The third-order valence-electron chi connectivity index (χ3n) is 15.4. The standard InChI is InChI=1S/C64H44S/c1-63(2)54-30-26-40(41-24-27-44-51-29-31-57-61(62(51)64(3,4)56(44)34-41)53-33-38-15-5-6-16-39(38)36-58(53)65-57)32-52(54)45-28-25-42(35-55(45)63)59-47-19-9-11-21-49(47)60(50-22-12-10-20-48(50)59)46-23-13-17-37-14-7-8-18-43(37)46/h5-36H,1-4H3. The summed E-state index contributed by atoms with van der Waals surface area (Å²) in [4.78, 5) is 0. The maximum absolute atomic E-state index is 2.51. The molecule has 2 aliphatic rings. The zero-order valence-corrected chi connectivity index (χ0v) is 37.7. The Morgan fingerprint density at radius 1 is 0.308 bits per heavy atom. The lowest BCUT2D eigenvalue weighted by atomic mass is 9.79. The first-order valence-electron chi connectivity index (χ1n) is 23.0. The van der Waals surface area contributed by atoms with Gasteiger partial charge in [0.1, 0.15) is 0 Å². The molecule has 1 heterocycles. The molecule has 0 radical (unpaired) electrons. The lowest BCUT2D eigenvalue weighted by Crippen LogP contribution is -2.15. The van der Waals surface area contributed by atoms with Crippen molar-refractivity contribution in [1.29, 1.82) is 0 Å². The number of hydrogen-bond donors (Lipinski definition) is 0. The Labute approximate surface area is 383 Å². The molecule has 12 aromatic rings. The van der Waals surface area contributed by atoms with Crippen molar-refractivity contribution >= 4 is 74.6 Å². The Bertz CT molecular complexity index is 4000. The molecule has 0 saturated carbocycles. The molecular formula is C64H44S. The number of hydrogen-bond acceptors (Lipinski definition) is 1. The molecule has 11 aromatic carbocycles. The van der Waals surface area contributed by atoms with E-state index < -0.39 is 0 Å². The second-order valence-electron chi connectivity index (χ2n) is 19.6. The van der Waals surface area contributed by atoms with Gasteiger partial charge in [-0.1, -0.05) is 185 Å². The molecule has 0 amide bonds. The van der Waals surface area contributed by atoms with Crippen LogP contribution in [0.4, 0.5) is 0 Å². The predicted octanol–water partition coefficient (Wildman–Crippen LogP) is 18.3. The van der Waals surface area contributed by atoms with Gasteiger partial charge in [0.25, 0.3) is 0 Å². The van der Waals surface area contributed by atoms with E-state index in [4.69, 9.17) is 0 Å². The molecule has 0 spiro atoms. The van der Waals surface area contributed by atoms with Crippen LogP contribution in [0.3, 0.4) is 0 Å². The van der Waals surface area contributed by atoms with Gasteiger partial charge in [-0.05, 0) is 157 Å². The molecule has 2 aliphatic carbocycles. The monoisotopic (exact) mass is 844 g/mol. The smallest absolute Gasteiger partial charge is 0.0361 e. The third-order valence-corrected chi connectivity index (χ3v) is 16.5. The summed E-state index contributed by atoms with van der Waals surface area (Å²) in [5.41, 5.74) is 18.5. The normalized spacial score (nSPS) is 14.4. The van der Waals surface area contributed by atoms with Crippen LogP contribution < -0.4 is 0 Å². The van der Waals surface area contributed by atoms with E-state index in [9.17, 15) is 0 Å². The maximum atomic E-state index is 2.51. The second-order valence-corrected chi connectivity index (χ2v) is 20.6. The quantitative estimate of drug-likeness (QED) is 0.155. The molecule has 0 atom stereocenters. The summed E-state index contributed by atoms with van der Waals surface area (Å²) < 4.78 is 2.74. The minimum atomic E-state index is -0.157. The second kappa shape index (κ2) is 13.1. The summed E-state index contributed by atoms with van der Waals surface area (Å²) in [7, 11) is 0. The van der Waals surface area contributed by atoms with E-state index in [0.717, 1.165) is 0 Å². The van der Waals surface area contributed by atoms with E-state index in [1.165, 1.54) is 141 Å². The van der Waals surface area contributed by atoms with Crippen molar-refractivity contribution in [2.24, 2.45) is 0 Å². The molecule has 14 rings (SSSR count). The number of rotatable bonds is 3. The van der Waals surface area contributed by atoms with Gasteiger partial charge in [0.15, 0.2) is 0 Å². The third kappa shape index (κ3) is 5.08. The Morgan fingerprint density at radius 3 is 1.58 bits per heavy atom. The molecule has 0 aliphatic heterocycles. The van der Waals surface area contributed by atoms with Crippen molar-refractivity contribution in [1.82, 2.24) is 0 Å². The predicted molar refractivity (Wildman–Crippen MR) is 281 cm³/mol. The van der Waals surface area contributed by atoms with Crippen LogP contribution in [0.2, 0.25) is 0 Å². The van der Waals surface area contributed by atoms with Crippen molar-refractivity contribution in [3.05, 3.63) is 216 Å². The highest BCUT2D eigenvalue weighted by Gasteiger charge is 2.39. The fourth-order valence-electron chi connectivity index (χ4n) is 12.3. The maximum Gasteiger partial charge on any atom is 0.0361 e. The lowest BCUT2D eigenvalue weighted by Gasteiger charge is -2.24. The van der Waals surface area contributed by atoms with Gasteiger partial charge in [0, 0.05) is 31.0 Å². The molecule has 1 aromatic heterocycles. The van der Waals surface area contributed by atoms with Gasteiger partial charge >= 0.3 is 0 Å². The van der Waals surface area contributed by atoms with Gasteiger partial charge in [-0.25, -0.2) is 0 Å². The Kier molecular flexibility index (Phi) is 7.49. The van der Waals surface area contributed by atoms with Crippen LogP contribution >= 0.6 is 11.3 Å². The minimum Gasteiger partial charge on any atom is -0.135 e. The van der Waals surface area contributed by atoms with Crippen LogP contribution in [-0.4, -0.2) is 0 Å². The van der Waals surface area contributed by atoms with E-state index in [0.29, 0.717) is 0 Å². The number of thiophene rings is 1. The van der Waals surface area contributed by atoms with Gasteiger partial charge < -0.3 is 0 Å². The molecule has 65 heavy (non-hydrogen) atoms. The Morgan fingerprint density at radius 2 is 0.846 bits per heavy atom. The summed E-state index contributed by atoms with van der Waals surface area (Å²) in [5, 5.41) is 13.1. The molecule has 0 unspecified atom stereocenters. The van der Waals surface area contributed by atoms with Crippen molar-refractivity contribution in [3.63, 3.8) is 0 Å². The minimum absolute atomic E-state index is 0.150. The topological polar surface area (TPSA) is 0 Å². The summed E-state index contributed by atoms with van der Waals surface area (Å²) in [5.74, 6) is 0. The summed E-state index contributed by atoms with van der Waals surface area (Å²) in [6.45, 7) is 9.70. The van der Waals surface area contributed by atoms with E-state index in [1.807, 2.05) is 11.3 Å². The average Bonchev–Trinajstić information content (AvgIpc) is 3.90. The molecule has 0 N–H and O–H groups in total. The zero-order valence-electron chi connectivity index (χ0n) is 36.9. The molecule has 1 heteroatoms. The highest BCUT2D eigenvalue weighted by molar-refractivity contribution is 7.26. The summed E-state index contributed by atoms with van der Waals surface area (Å²) in [6, 6.07) is 73.7. The number of fused-ring (bicyclic) bond motifs is 14. The van der Waals surface area contributed by atoms with E-state index in [-0.39, 0.29) is 10.8 Å². The molecule has 0 fully saturated rings. The fourth-order valence-corrected chi connectivity index (χ4v) is 13.4. The fraction of sp³-hybridized carbons (Fsp3) is 0.0938. The largest absolute Gasteiger partial charge is 0.135 e. The van der Waals surface area contributed by atoms with Crippen molar-refractivity contribution in [3.8, 4) is 55.6 Å². The highest BCUT2D eigenvalue weighted by Crippen LogP contribution is 2.56. The van der Waals surface area contributed by atoms with Crippen LogP contribution in [0.1, 0.15) is 49.9 Å². The van der Waals surface area contributed by atoms with Crippen molar-refractivity contribution in [2.75, 3.05) is 0 Å². The van der Waals surface area contributed by atoms with Crippen LogP contribution in [0.5, 0.6) is 0 Å². The Hall–Kier alpha value is -7.32. The highest BCUT2D eigenvalue weighted by atomic mass is 32.1. The van der Waals surface area contributed by atoms with Gasteiger partial charge in [0.2, 0.25) is 0 Å². The first kappa shape index (κ1) is 37.1. The van der Waals surface area contributed by atoms with Crippen molar-refractivity contribution in [2.45, 2.75) is 38.5 Å². The zero-order chi connectivity index (χ0) is 43.3. The van der Waals surface area contributed by atoms with Gasteiger partial charge in [-0.3, -0.25) is 0 Å². The molecule has 0 nitrogen and oxygen atoms in total. The van der Waals surface area contributed by atoms with E-state index >= 15 is 0 Å². The first-order chi connectivity index (χ1) is 31.7. The molecule has 0 saturated heterocycles. The van der Waals surface area contributed by atoms with Crippen molar-refractivity contribution < 1.29 is 0 Å². The lowest BCUT2D eigenvalue weighted by molar-refractivity contribution is 0.660. The van der Waals surface area contributed by atoms with Gasteiger partial charge in [0.05, 0.1) is 0 Å². The van der Waals surface area contributed by atoms with Gasteiger partial charge in [-0.2, -0.15) is 0 Å². The first-order valence-corrected chi connectivity index (χ1v) is 23.8. The Balaban J connectivity index is 0.889. The molecule has 306 valence electrons. The van der Waals surface area contributed by atoms with Crippen LogP contribution in [0.25, 0.3) is 119 Å².